The van der Waals surface area contributed by atoms with Crippen LogP contribution in [0.3, 0.4) is 0 Å². The van der Waals surface area contributed by atoms with Gasteiger partial charge >= 0.3 is 0 Å². The summed E-state index contributed by atoms with van der Waals surface area (Å²) in [5.74, 6) is 0.801. The molecule has 4 heterocycles. The van der Waals surface area contributed by atoms with E-state index in [0.717, 1.165) is 42.4 Å². The van der Waals surface area contributed by atoms with Crippen molar-refractivity contribution in [1.29, 1.82) is 0 Å². The van der Waals surface area contributed by atoms with Crippen LogP contribution in [-0.2, 0) is 6.54 Å². The molecule has 1 fully saturated rings. The highest BCUT2D eigenvalue weighted by Gasteiger charge is 2.30. The zero-order valence-corrected chi connectivity index (χ0v) is 13.8. The smallest absolute Gasteiger partial charge is 0.158 e. The number of thiazole rings is 1. The number of aryl methyl sites for hydroxylation is 1. The van der Waals surface area contributed by atoms with E-state index in [9.17, 15) is 0 Å². The minimum Gasteiger partial charge on any atom is -0.341 e. The second-order valence-electron chi connectivity index (χ2n) is 5.80. The molecule has 1 atom stereocenters. The maximum atomic E-state index is 4.65. The van der Waals surface area contributed by atoms with Crippen LogP contribution in [0, 0.1) is 6.92 Å². The van der Waals surface area contributed by atoms with Gasteiger partial charge in [-0.2, -0.15) is 0 Å². The third-order valence-corrected chi connectivity index (χ3v) is 4.94. The molecule has 0 spiro atoms. The Balaban J connectivity index is 1.66. The number of aromatic amines is 1. The number of imidazole rings is 1. The quantitative estimate of drug-likeness (QED) is 0.798. The Hall–Kier alpha value is -2.12. The monoisotopic (exact) mass is 326 g/mol. The number of nitrogens with one attached hydrogen (secondary N) is 1. The molecule has 7 heteroatoms. The standard InChI is InChI=1S/C16H18N6S/c1-11-7-20-16(21-11)15-14(18-4-5-19-15)13-3-2-6-22(13)9-12-8-17-10-23-12/h4-5,7-8,10,13H,2-3,6,9H2,1H3,(H,20,21)/t13-/m0/s1. The molecule has 3 aromatic rings. The Bertz CT molecular complexity index is 781. The van der Waals surface area contributed by atoms with Gasteiger partial charge in [0, 0.05) is 41.9 Å². The van der Waals surface area contributed by atoms with Gasteiger partial charge in [0.2, 0.25) is 0 Å². The van der Waals surface area contributed by atoms with Crippen LogP contribution in [-0.4, -0.2) is 36.4 Å². The molecule has 0 unspecified atom stereocenters. The zero-order chi connectivity index (χ0) is 15.6. The van der Waals surface area contributed by atoms with Crippen LogP contribution in [0.25, 0.3) is 11.5 Å². The fourth-order valence-corrected chi connectivity index (χ4v) is 3.77. The Labute approximate surface area is 138 Å². The molecule has 0 radical (unpaired) electrons. The first-order valence-corrected chi connectivity index (χ1v) is 8.63. The average Bonchev–Trinajstić information content (AvgIpc) is 3.30. The first-order valence-electron chi connectivity index (χ1n) is 7.75. The van der Waals surface area contributed by atoms with Crippen LogP contribution < -0.4 is 0 Å². The number of aromatic nitrogens is 5. The van der Waals surface area contributed by atoms with E-state index in [2.05, 4.69) is 29.8 Å². The molecule has 0 aromatic carbocycles. The van der Waals surface area contributed by atoms with Gasteiger partial charge in [-0.15, -0.1) is 11.3 Å². The number of nitrogens with zero attached hydrogens (tertiary/aromatic N) is 5. The number of hydrogen-bond acceptors (Lipinski definition) is 6. The van der Waals surface area contributed by atoms with Gasteiger partial charge in [0.15, 0.2) is 5.82 Å². The molecule has 4 rings (SSSR count). The van der Waals surface area contributed by atoms with E-state index in [1.165, 1.54) is 11.3 Å². The van der Waals surface area contributed by atoms with Crippen LogP contribution in [0.2, 0.25) is 0 Å². The van der Waals surface area contributed by atoms with Crippen molar-refractivity contribution in [1.82, 2.24) is 29.8 Å². The molecule has 0 aliphatic carbocycles. The summed E-state index contributed by atoms with van der Waals surface area (Å²) in [6.07, 6.45) is 9.57. The van der Waals surface area contributed by atoms with E-state index in [-0.39, 0.29) is 6.04 Å². The molecule has 0 bridgehead atoms. The summed E-state index contributed by atoms with van der Waals surface area (Å²) in [4.78, 5) is 24.8. The highest BCUT2D eigenvalue weighted by Crippen LogP contribution is 2.35. The minimum absolute atomic E-state index is 0.284. The largest absolute Gasteiger partial charge is 0.341 e. The molecule has 1 saturated heterocycles. The van der Waals surface area contributed by atoms with Crippen molar-refractivity contribution in [2.75, 3.05) is 6.54 Å². The van der Waals surface area contributed by atoms with Crippen molar-refractivity contribution in [2.24, 2.45) is 0 Å². The second-order valence-corrected chi connectivity index (χ2v) is 6.77. The summed E-state index contributed by atoms with van der Waals surface area (Å²) in [7, 11) is 0. The minimum atomic E-state index is 0.284. The molecule has 0 saturated carbocycles. The summed E-state index contributed by atoms with van der Waals surface area (Å²) in [6.45, 7) is 4.00. The van der Waals surface area contributed by atoms with Crippen LogP contribution in [0.1, 0.15) is 35.1 Å². The fourth-order valence-electron chi connectivity index (χ4n) is 3.15. The Kier molecular flexibility index (Phi) is 3.88. The average molecular weight is 326 g/mol. The lowest BCUT2D eigenvalue weighted by molar-refractivity contribution is 0.246. The number of rotatable bonds is 4. The summed E-state index contributed by atoms with van der Waals surface area (Å²) < 4.78 is 0. The lowest BCUT2D eigenvalue weighted by atomic mass is 10.1. The Morgan fingerprint density at radius 3 is 2.96 bits per heavy atom. The maximum Gasteiger partial charge on any atom is 0.158 e. The molecule has 0 amide bonds. The third kappa shape index (κ3) is 2.89. The van der Waals surface area contributed by atoms with Gasteiger partial charge in [-0.05, 0) is 26.3 Å². The topological polar surface area (TPSA) is 70.6 Å². The predicted molar refractivity (Wildman–Crippen MR) is 88.8 cm³/mol. The molecule has 1 N–H and O–H groups in total. The molecule has 3 aromatic heterocycles. The van der Waals surface area contributed by atoms with Crippen molar-refractivity contribution in [3.05, 3.63) is 46.6 Å². The van der Waals surface area contributed by atoms with Crippen LogP contribution >= 0.6 is 11.3 Å². The molecule has 23 heavy (non-hydrogen) atoms. The number of H-pyrrole nitrogens is 1. The van der Waals surface area contributed by atoms with Gasteiger partial charge in [0.1, 0.15) is 5.69 Å². The maximum absolute atomic E-state index is 4.65. The van der Waals surface area contributed by atoms with Gasteiger partial charge < -0.3 is 4.98 Å². The van der Waals surface area contributed by atoms with Gasteiger partial charge in [-0.1, -0.05) is 0 Å². The summed E-state index contributed by atoms with van der Waals surface area (Å²) in [5, 5.41) is 0. The number of hydrogen-bond donors (Lipinski definition) is 1. The SMILES string of the molecule is Cc1cnc(-c2nccnc2[C@@H]2CCCN2Cc2cncs2)[nH]1. The Morgan fingerprint density at radius 2 is 2.17 bits per heavy atom. The van der Waals surface area contributed by atoms with Gasteiger partial charge in [0.05, 0.1) is 17.2 Å². The first-order chi connectivity index (χ1) is 11.3. The van der Waals surface area contributed by atoms with Crippen molar-refractivity contribution >= 4 is 11.3 Å². The summed E-state index contributed by atoms with van der Waals surface area (Å²) in [6, 6.07) is 0.284. The van der Waals surface area contributed by atoms with Gasteiger partial charge in [0.25, 0.3) is 0 Å². The van der Waals surface area contributed by atoms with E-state index in [0.29, 0.717) is 0 Å². The van der Waals surface area contributed by atoms with Crippen molar-refractivity contribution in [2.45, 2.75) is 32.4 Å². The van der Waals surface area contributed by atoms with Gasteiger partial charge in [-0.25, -0.2) is 9.97 Å². The van der Waals surface area contributed by atoms with Gasteiger partial charge in [-0.3, -0.25) is 14.9 Å². The van der Waals surface area contributed by atoms with E-state index >= 15 is 0 Å². The normalized spacial score (nSPS) is 18.6. The zero-order valence-electron chi connectivity index (χ0n) is 12.9. The highest BCUT2D eigenvalue weighted by atomic mass is 32.1. The summed E-state index contributed by atoms with van der Waals surface area (Å²) in [5.41, 5.74) is 4.80. The van der Waals surface area contributed by atoms with Crippen LogP contribution in [0.15, 0.2) is 30.3 Å². The van der Waals surface area contributed by atoms with E-state index in [4.69, 9.17) is 0 Å². The predicted octanol–water partition coefficient (Wildman–Crippen LogP) is 2.97. The lowest BCUT2D eigenvalue weighted by Gasteiger charge is -2.24. The van der Waals surface area contributed by atoms with E-state index in [1.54, 1.807) is 23.7 Å². The Morgan fingerprint density at radius 1 is 1.26 bits per heavy atom. The number of likely N-dealkylation sites (tertiary alicyclic amines) is 1. The molecule has 118 valence electrons. The fraction of sp³-hybridized carbons (Fsp3) is 0.375. The molecule has 6 nitrogen and oxygen atoms in total. The molecular weight excluding hydrogens is 308 g/mol. The molecule has 1 aliphatic rings. The van der Waals surface area contributed by atoms with E-state index < -0.39 is 0 Å². The molecular formula is C16H18N6S. The van der Waals surface area contributed by atoms with E-state index in [1.807, 2.05) is 24.8 Å². The third-order valence-electron chi connectivity index (χ3n) is 4.18. The summed E-state index contributed by atoms with van der Waals surface area (Å²) >= 11 is 1.70. The first kappa shape index (κ1) is 14.5. The van der Waals surface area contributed by atoms with Crippen LogP contribution in [0.5, 0.6) is 0 Å². The van der Waals surface area contributed by atoms with Crippen LogP contribution in [0.4, 0.5) is 0 Å². The second kappa shape index (κ2) is 6.17. The molecule has 1 aliphatic heterocycles. The van der Waals surface area contributed by atoms with Crippen molar-refractivity contribution in [3.8, 4) is 11.5 Å². The van der Waals surface area contributed by atoms with Crippen molar-refractivity contribution < 1.29 is 0 Å². The highest BCUT2D eigenvalue weighted by molar-refractivity contribution is 7.09. The van der Waals surface area contributed by atoms with Crippen molar-refractivity contribution in [3.63, 3.8) is 0 Å². The lowest BCUT2D eigenvalue weighted by Crippen LogP contribution is -2.24.